The molecule has 2 heterocycles. The molecule has 23 heavy (non-hydrogen) atoms. The van der Waals surface area contributed by atoms with E-state index in [2.05, 4.69) is 10.2 Å². The lowest BCUT2D eigenvalue weighted by atomic mass is 9.97. The molecule has 2 rings (SSSR count). The van der Waals surface area contributed by atoms with E-state index in [1.807, 2.05) is 0 Å². The Balaban J connectivity index is 1.84. The van der Waals surface area contributed by atoms with Crippen LogP contribution < -0.4 is 11.1 Å². The zero-order chi connectivity index (χ0) is 17.0. The topological polar surface area (TPSA) is 80.4 Å². The molecule has 1 unspecified atom stereocenters. The molecule has 6 nitrogen and oxygen atoms in total. The van der Waals surface area contributed by atoms with Gasteiger partial charge in [-0.15, -0.1) is 0 Å². The van der Waals surface area contributed by atoms with E-state index in [9.17, 15) is 18.4 Å². The summed E-state index contributed by atoms with van der Waals surface area (Å²) in [5.41, 5.74) is 5.61. The van der Waals surface area contributed by atoms with Crippen molar-refractivity contribution in [3.8, 4) is 0 Å². The van der Waals surface area contributed by atoms with Gasteiger partial charge in [0, 0.05) is 25.3 Å². The van der Waals surface area contributed by atoms with Gasteiger partial charge in [-0.2, -0.15) is 8.78 Å². The second-order valence-corrected chi connectivity index (χ2v) is 5.81. The first-order valence-corrected chi connectivity index (χ1v) is 7.66. The molecule has 0 saturated carbocycles. The van der Waals surface area contributed by atoms with Crippen LogP contribution >= 0.6 is 0 Å². The lowest BCUT2D eigenvalue weighted by molar-refractivity contribution is -0.123. The Bertz CT molecular complexity index is 574. The molecule has 1 aliphatic rings. The summed E-state index contributed by atoms with van der Waals surface area (Å²) in [5, 5.41) is 2.65. The molecule has 2 amide bonds. The second kappa shape index (κ2) is 7.54. The highest BCUT2D eigenvalue weighted by atomic mass is 19.3. The van der Waals surface area contributed by atoms with Crippen molar-refractivity contribution in [2.75, 3.05) is 26.2 Å². The summed E-state index contributed by atoms with van der Waals surface area (Å²) in [7, 11) is 0. The van der Waals surface area contributed by atoms with Crippen molar-refractivity contribution in [1.29, 1.82) is 0 Å². The highest BCUT2D eigenvalue weighted by Crippen LogP contribution is 2.18. The van der Waals surface area contributed by atoms with Gasteiger partial charge in [0.1, 0.15) is 5.69 Å². The average molecular weight is 328 g/mol. The van der Waals surface area contributed by atoms with Crippen molar-refractivity contribution in [2.24, 2.45) is 11.7 Å². The molecule has 0 bridgehead atoms. The third-order valence-corrected chi connectivity index (χ3v) is 4.17. The van der Waals surface area contributed by atoms with Crippen molar-refractivity contribution >= 4 is 11.8 Å². The number of nitrogens with zero attached hydrogens (tertiary/aromatic N) is 2. The van der Waals surface area contributed by atoms with Crippen molar-refractivity contribution in [2.45, 2.75) is 26.3 Å². The summed E-state index contributed by atoms with van der Waals surface area (Å²) in [6.45, 7) is 1.09. The number of nitrogens with one attached hydrogen (secondary N) is 1. The highest BCUT2D eigenvalue weighted by Gasteiger charge is 2.24. The predicted molar refractivity (Wildman–Crippen MR) is 81.1 cm³/mol. The van der Waals surface area contributed by atoms with Crippen LogP contribution in [0.25, 0.3) is 0 Å². The van der Waals surface area contributed by atoms with Crippen LogP contribution in [0.3, 0.4) is 0 Å². The number of carbonyl (C=O) groups excluding carboxylic acids is 2. The van der Waals surface area contributed by atoms with E-state index in [4.69, 9.17) is 5.73 Å². The monoisotopic (exact) mass is 328 g/mol. The fourth-order valence-electron chi connectivity index (χ4n) is 2.90. The van der Waals surface area contributed by atoms with Crippen LogP contribution in [0.4, 0.5) is 8.78 Å². The van der Waals surface area contributed by atoms with Crippen LogP contribution in [0.2, 0.25) is 0 Å². The van der Waals surface area contributed by atoms with Gasteiger partial charge in [-0.1, -0.05) is 0 Å². The summed E-state index contributed by atoms with van der Waals surface area (Å²) >= 11 is 0. The Kier molecular flexibility index (Phi) is 5.70. The molecule has 1 aliphatic heterocycles. The van der Waals surface area contributed by atoms with Gasteiger partial charge in [0.2, 0.25) is 5.91 Å². The quantitative estimate of drug-likeness (QED) is 0.821. The Morgan fingerprint density at radius 3 is 2.83 bits per heavy atom. The third-order valence-electron chi connectivity index (χ3n) is 4.17. The number of piperidine rings is 1. The van der Waals surface area contributed by atoms with Gasteiger partial charge in [0.05, 0.1) is 5.92 Å². The van der Waals surface area contributed by atoms with E-state index in [1.54, 1.807) is 0 Å². The molecule has 1 saturated heterocycles. The maximum absolute atomic E-state index is 12.9. The first kappa shape index (κ1) is 17.4. The van der Waals surface area contributed by atoms with Gasteiger partial charge < -0.3 is 16.0 Å². The van der Waals surface area contributed by atoms with Crippen LogP contribution in [0.1, 0.15) is 35.6 Å². The number of amides is 2. The standard InChI is InChI=1S/C15H22F2N4O2/c1-10-4-5-12(21(10)15(16)17)14(23)19-6-8-20-7-2-3-11(9-20)13(18)22/h4-5,11,15H,2-3,6-9H2,1H3,(H2,18,22)(H,19,23). The van der Waals surface area contributed by atoms with Crippen LogP contribution in [0.5, 0.6) is 0 Å². The number of nitrogens with two attached hydrogens (primary N) is 1. The fraction of sp³-hybridized carbons (Fsp3) is 0.600. The minimum absolute atomic E-state index is 0.0499. The van der Waals surface area contributed by atoms with Crippen LogP contribution in [-0.4, -0.2) is 47.5 Å². The van der Waals surface area contributed by atoms with Crippen LogP contribution in [0.15, 0.2) is 12.1 Å². The Morgan fingerprint density at radius 2 is 2.17 bits per heavy atom. The van der Waals surface area contributed by atoms with Gasteiger partial charge in [-0.25, -0.2) is 0 Å². The number of alkyl halides is 2. The largest absolute Gasteiger partial charge is 0.369 e. The van der Waals surface area contributed by atoms with Crippen LogP contribution in [-0.2, 0) is 4.79 Å². The number of halogens is 2. The van der Waals surface area contributed by atoms with Crippen molar-refractivity contribution in [3.05, 3.63) is 23.5 Å². The number of aromatic nitrogens is 1. The summed E-state index contributed by atoms with van der Waals surface area (Å²) < 4.78 is 26.6. The molecule has 1 atom stereocenters. The SMILES string of the molecule is Cc1ccc(C(=O)NCCN2CCCC(C(N)=O)C2)n1C(F)F. The van der Waals surface area contributed by atoms with E-state index >= 15 is 0 Å². The molecule has 1 fully saturated rings. The molecule has 8 heteroatoms. The molecule has 0 radical (unpaired) electrons. The molecule has 0 aromatic carbocycles. The molecule has 1 aromatic heterocycles. The molecular weight excluding hydrogens is 306 g/mol. The summed E-state index contributed by atoms with van der Waals surface area (Å²) in [4.78, 5) is 25.3. The van der Waals surface area contributed by atoms with E-state index in [1.165, 1.54) is 19.1 Å². The van der Waals surface area contributed by atoms with Gasteiger partial charge in [0.25, 0.3) is 5.91 Å². The number of likely N-dealkylation sites (tertiary alicyclic amines) is 1. The van der Waals surface area contributed by atoms with Crippen molar-refractivity contribution in [1.82, 2.24) is 14.8 Å². The van der Waals surface area contributed by atoms with Crippen molar-refractivity contribution in [3.63, 3.8) is 0 Å². The van der Waals surface area contributed by atoms with E-state index in [-0.39, 0.29) is 17.5 Å². The smallest absolute Gasteiger partial charge is 0.319 e. The molecule has 0 aliphatic carbocycles. The number of primary amides is 1. The van der Waals surface area contributed by atoms with Gasteiger partial charge >= 0.3 is 6.55 Å². The predicted octanol–water partition coefficient (Wildman–Crippen LogP) is 1.12. The van der Waals surface area contributed by atoms with E-state index < -0.39 is 12.5 Å². The summed E-state index contributed by atoms with van der Waals surface area (Å²) in [5.74, 6) is -0.982. The number of rotatable bonds is 6. The maximum Gasteiger partial charge on any atom is 0.319 e. The number of aryl methyl sites for hydroxylation is 1. The molecule has 128 valence electrons. The minimum Gasteiger partial charge on any atom is -0.369 e. The average Bonchev–Trinajstić information content (AvgIpc) is 2.89. The van der Waals surface area contributed by atoms with Gasteiger partial charge in [-0.3, -0.25) is 14.2 Å². The summed E-state index contributed by atoms with van der Waals surface area (Å²) in [6.07, 6.45) is 1.67. The first-order valence-electron chi connectivity index (χ1n) is 7.66. The van der Waals surface area contributed by atoms with Crippen LogP contribution in [0, 0.1) is 12.8 Å². The normalized spacial score (nSPS) is 19.0. The number of hydrogen-bond donors (Lipinski definition) is 2. The van der Waals surface area contributed by atoms with Gasteiger partial charge in [0.15, 0.2) is 0 Å². The zero-order valence-corrected chi connectivity index (χ0v) is 13.1. The van der Waals surface area contributed by atoms with Crippen molar-refractivity contribution < 1.29 is 18.4 Å². The lowest BCUT2D eigenvalue weighted by Gasteiger charge is -2.31. The fourth-order valence-corrected chi connectivity index (χ4v) is 2.90. The van der Waals surface area contributed by atoms with Gasteiger partial charge in [-0.05, 0) is 38.4 Å². The third kappa shape index (κ3) is 4.28. The van der Waals surface area contributed by atoms with E-state index in [0.717, 1.165) is 19.4 Å². The second-order valence-electron chi connectivity index (χ2n) is 5.81. The first-order chi connectivity index (χ1) is 10.9. The molecule has 1 aromatic rings. The molecule has 0 spiro atoms. The maximum atomic E-state index is 12.9. The number of hydrogen-bond acceptors (Lipinski definition) is 3. The molecule has 3 N–H and O–H groups in total. The Morgan fingerprint density at radius 1 is 1.43 bits per heavy atom. The van der Waals surface area contributed by atoms with E-state index in [0.29, 0.717) is 29.9 Å². The molecular formula is C15H22F2N4O2. The summed E-state index contributed by atoms with van der Waals surface area (Å²) in [6, 6.07) is 2.88. The number of carbonyl (C=O) groups is 2. The minimum atomic E-state index is -2.75. The highest BCUT2D eigenvalue weighted by molar-refractivity contribution is 5.92. The Labute approximate surface area is 133 Å². The Hall–Kier alpha value is -1.96. The zero-order valence-electron chi connectivity index (χ0n) is 13.1. The lowest BCUT2D eigenvalue weighted by Crippen LogP contribution is -2.44.